The first-order valence-corrected chi connectivity index (χ1v) is 15.2. The number of hydrogen-bond donors (Lipinski definition) is 2. The van der Waals surface area contributed by atoms with E-state index in [1.165, 1.54) is 0 Å². The zero-order valence-electron chi connectivity index (χ0n) is 26.3. The van der Waals surface area contributed by atoms with Crippen molar-refractivity contribution in [1.82, 2.24) is 10.3 Å². The standard InChI is InChI=1S/C31H52N2O11/c1-3-28-25-27(2)33-29(26-28)6-7-30(34)32-8-10-38-12-14-40-16-18-42-20-22-44-24-23-43-21-19-41-17-15-39-13-11-37-9-4-5-31(35)36/h3,25-26H,1,4-24H2,2H3,(H,32,34)(H,35,36). The first kappa shape index (κ1) is 39.5. The maximum Gasteiger partial charge on any atom is 0.303 e. The van der Waals surface area contributed by atoms with Gasteiger partial charge in [0.2, 0.25) is 5.91 Å². The number of ether oxygens (including phenoxy) is 8. The summed E-state index contributed by atoms with van der Waals surface area (Å²) in [6.07, 6.45) is 3.36. The van der Waals surface area contributed by atoms with Gasteiger partial charge in [0.1, 0.15) is 0 Å². The van der Waals surface area contributed by atoms with Crippen LogP contribution in [0.4, 0.5) is 0 Å². The molecule has 13 heteroatoms. The molecule has 0 aliphatic heterocycles. The number of aromatic nitrogens is 1. The van der Waals surface area contributed by atoms with Crippen LogP contribution in [0, 0.1) is 6.92 Å². The minimum absolute atomic E-state index is 0.0293. The summed E-state index contributed by atoms with van der Waals surface area (Å²) in [6.45, 7) is 13.6. The van der Waals surface area contributed by atoms with Gasteiger partial charge in [0.05, 0.1) is 99.1 Å². The third-order valence-electron chi connectivity index (χ3n) is 5.72. The van der Waals surface area contributed by atoms with Gasteiger partial charge in [0, 0.05) is 37.4 Å². The largest absolute Gasteiger partial charge is 0.481 e. The van der Waals surface area contributed by atoms with E-state index >= 15 is 0 Å². The number of carbonyl (C=O) groups is 2. The Kier molecular flexibility index (Phi) is 26.3. The molecule has 0 unspecified atom stereocenters. The zero-order chi connectivity index (χ0) is 31.9. The summed E-state index contributed by atoms with van der Waals surface area (Å²) in [5, 5.41) is 11.4. The van der Waals surface area contributed by atoms with Crippen LogP contribution >= 0.6 is 0 Å². The number of nitrogens with zero attached hydrogens (tertiary/aromatic N) is 1. The lowest BCUT2D eigenvalue weighted by Gasteiger charge is -2.09. The molecular weight excluding hydrogens is 576 g/mol. The number of nitrogens with one attached hydrogen (secondary N) is 1. The fourth-order valence-corrected chi connectivity index (χ4v) is 3.57. The highest BCUT2D eigenvalue weighted by Gasteiger charge is 2.04. The van der Waals surface area contributed by atoms with Crippen LogP contribution in [0.25, 0.3) is 6.08 Å². The van der Waals surface area contributed by atoms with E-state index in [9.17, 15) is 9.59 Å². The molecule has 2 N–H and O–H groups in total. The van der Waals surface area contributed by atoms with E-state index in [1.807, 2.05) is 19.1 Å². The van der Waals surface area contributed by atoms with Crippen LogP contribution < -0.4 is 5.32 Å². The van der Waals surface area contributed by atoms with Crippen molar-refractivity contribution < 1.29 is 52.6 Å². The molecule has 0 fully saturated rings. The summed E-state index contributed by atoms with van der Waals surface area (Å²) >= 11 is 0. The van der Waals surface area contributed by atoms with Crippen molar-refractivity contribution in [3.8, 4) is 0 Å². The van der Waals surface area contributed by atoms with Crippen LogP contribution in [-0.2, 0) is 53.9 Å². The van der Waals surface area contributed by atoms with Gasteiger partial charge in [0.15, 0.2) is 0 Å². The molecular formula is C31H52N2O11. The molecule has 0 saturated carbocycles. The molecule has 44 heavy (non-hydrogen) atoms. The Hall–Kier alpha value is -2.49. The van der Waals surface area contributed by atoms with Gasteiger partial charge >= 0.3 is 5.97 Å². The average Bonchev–Trinajstić information content (AvgIpc) is 3.00. The summed E-state index contributed by atoms with van der Waals surface area (Å²) in [7, 11) is 0. The number of aryl methyl sites for hydroxylation is 2. The minimum atomic E-state index is -0.814. The van der Waals surface area contributed by atoms with E-state index < -0.39 is 5.97 Å². The number of carboxylic acids is 1. The Labute approximate surface area is 261 Å². The van der Waals surface area contributed by atoms with Gasteiger partial charge < -0.3 is 48.3 Å². The predicted octanol–water partition coefficient (Wildman–Crippen LogP) is 2.08. The second-order valence-corrected chi connectivity index (χ2v) is 9.48. The molecule has 252 valence electrons. The van der Waals surface area contributed by atoms with Crippen molar-refractivity contribution in [2.45, 2.75) is 32.6 Å². The molecule has 1 aromatic rings. The highest BCUT2D eigenvalue weighted by atomic mass is 16.6. The number of hydrogen-bond acceptors (Lipinski definition) is 11. The van der Waals surface area contributed by atoms with Crippen LogP contribution in [0.15, 0.2) is 18.7 Å². The molecule has 1 heterocycles. The molecule has 0 aromatic carbocycles. The van der Waals surface area contributed by atoms with Crippen LogP contribution in [0.2, 0.25) is 0 Å². The van der Waals surface area contributed by atoms with Crippen molar-refractivity contribution in [2.24, 2.45) is 0 Å². The highest BCUT2D eigenvalue weighted by molar-refractivity contribution is 5.76. The monoisotopic (exact) mass is 628 g/mol. The van der Waals surface area contributed by atoms with Crippen LogP contribution in [0.1, 0.15) is 36.2 Å². The van der Waals surface area contributed by atoms with Crippen molar-refractivity contribution in [2.75, 3.05) is 112 Å². The van der Waals surface area contributed by atoms with Crippen molar-refractivity contribution in [3.05, 3.63) is 35.7 Å². The Morgan fingerprint density at radius 3 is 1.57 bits per heavy atom. The molecule has 0 aliphatic carbocycles. The molecule has 0 spiro atoms. The van der Waals surface area contributed by atoms with Gasteiger partial charge in [-0.15, -0.1) is 0 Å². The van der Waals surface area contributed by atoms with E-state index in [0.29, 0.717) is 132 Å². The van der Waals surface area contributed by atoms with Crippen molar-refractivity contribution >= 4 is 18.0 Å². The van der Waals surface area contributed by atoms with Crippen LogP contribution in [0.5, 0.6) is 0 Å². The van der Waals surface area contributed by atoms with E-state index in [1.54, 1.807) is 6.08 Å². The lowest BCUT2D eigenvalue weighted by molar-refractivity contribution is -0.137. The number of pyridine rings is 1. The topological polar surface area (TPSA) is 153 Å². The minimum Gasteiger partial charge on any atom is -0.481 e. The normalized spacial score (nSPS) is 11.1. The maximum atomic E-state index is 12.0. The smallest absolute Gasteiger partial charge is 0.303 e. The molecule has 1 amide bonds. The lowest BCUT2D eigenvalue weighted by Crippen LogP contribution is -2.28. The van der Waals surface area contributed by atoms with Gasteiger partial charge in [0.25, 0.3) is 0 Å². The lowest BCUT2D eigenvalue weighted by atomic mass is 10.1. The van der Waals surface area contributed by atoms with E-state index in [2.05, 4.69) is 16.9 Å². The van der Waals surface area contributed by atoms with E-state index in [4.69, 9.17) is 43.0 Å². The number of rotatable bonds is 32. The molecule has 0 saturated heterocycles. The molecule has 0 radical (unpaired) electrons. The Morgan fingerprint density at radius 2 is 1.14 bits per heavy atom. The molecule has 1 rings (SSSR count). The molecule has 1 aromatic heterocycles. The number of carboxylic acid groups (broad SMARTS) is 1. The summed E-state index contributed by atoms with van der Waals surface area (Å²) < 4.78 is 43.3. The van der Waals surface area contributed by atoms with Gasteiger partial charge in [-0.05, 0) is 37.5 Å². The second-order valence-electron chi connectivity index (χ2n) is 9.48. The van der Waals surface area contributed by atoms with Crippen LogP contribution in [-0.4, -0.2) is 134 Å². The van der Waals surface area contributed by atoms with E-state index in [0.717, 1.165) is 17.0 Å². The van der Waals surface area contributed by atoms with Gasteiger partial charge in [-0.1, -0.05) is 12.7 Å². The fourth-order valence-electron chi connectivity index (χ4n) is 3.57. The SMILES string of the molecule is C=Cc1cc(C)nc(CCC(=O)NCCOCCOCCOCCOCCOCCOCCOCCOCCCC(=O)O)c1. The predicted molar refractivity (Wildman–Crippen MR) is 164 cm³/mol. The molecule has 0 atom stereocenters. The van der Waals surface area contributed by atoms with Crippen LogP contribution in [0.3, 0.4) is 0 Å². The van der Waals surface area contributed by atoms with Gasteiger partial charge in [-0.25, -0.2) is 0 Å². The summed E-state index contributed by atoms with van der Waals surface area (Å²) in [4.78, 5) is 26.8. The summed E-state index contributed by atoms with van der Waals surface area (Å²) in [5.74, 6) is -0.844. The Morgan fingerprint density at radius 1 is 0.705 bits per heavy atom. The highest BCUT2D eigenvalue weighted by Crippen LogP contribution is 2.08. The number of carbonyl (C=O) groups excluding carboxylic acids is 1. The van der Waals surface area contributed by atoms with Crippen molar-refractivity contribution in [3.63, 3.8) is 0 Å². The quantitative estimate of drug-likeness (QED) is 0.112. The summed E-state index contributed by atoms with van der Waals surface area (Å²) in [6, 6.07) is 3.91. The number of amides is 1. The first-order chi connectivity index (χ1) is 21.5. The number of aliphatic carboxylic acids is 1. The van der Waals surface area contributed by atoms with Gasteiger partial charge in [-0.2, -0.15) is 0 Å². The average molecular weight is 629 g/mol. The molecule has 0 bridgehead atoms. The van der Waals surface area contributed by atoms with E-state index in [-0.39, 0.29) is 12.3 Å². The third-order valence-corrected chi connectivity index (χ3v) is 5.72. The molecule has 0 aliphatic rings. The summed E-state index contributed by atoms with van der Waals surface area (Å²) in [5.41, 5.74) is 2.81. The third kappa shape index (κ3) is 26.0. The maximum absolute atomic E-state index is 12.0. The second kappa shape index (κ2) is 29.2. The van der Waals surface area contributed by atoms with Crippen molar-refractivity contribution in [1.29, 1.82) is 0 Å². The zero-order valence-corrected chi connectivity index (χ0v) is 26.3. The fraction of sp³-hybridized carbons (Fsp3) is 0.710. The van der Waals surface area contributed by atoms with Gasteiger partial charge in [-0.3, -0.25) is 14.6 Å². The Bertz CT molecular complexity index is 873. The first-order valence-electron chi connectivity index (χ1n) is 15.2. The Balaban J connectivity index is 1.72. The molecule has 13 nitrogen and oxygen atoms in total.